The molecule has 0 N–H and O–H groups in total. The summed E-state index contributed by atoms with van der Waals surface area (Å²) >= 11 is 0. The van der Waals surface area contributed by atoms with Gasteiger partial charge in [-0.05, 0) is 12.1 Å². The molecule has 0 amide bonds. The Morgan fingerprint density at radius 2 is 1.93 bits per heavy atom. The van der Waals surface area contributed by atoms with E-state index < -0.39 is 0 Å². The molecule has 2 nitrogen and oxygen atoms in total. The first-order valence-electron chi connectivity index (χ1n) is 5.21. The molecule has 1 rings (SSSR count). The zero-order chi connectivity index (χ0) is 10.9. The number of hydrogen-bond acceptors (Lipinski definition) is 2. The Morgan fingerprint density at radius 1 is 1.20 bits per heavy atom. The second kappa shape index (κ2) is 6.96. The molecule has 0 atom stereocenters. The lowest BCUT2D eigenvalue weighted by Crippen LogP contribution is -2.26. The average Bonchev–Trinajstić information content (AvgIpc) is 2.28. The predicted molar refractivity (Wildman–Crippen MR) is 64.8 cm³/mol. The van der Waals surface area contributed by atoms with Gasteiger partial charge < -0.3 is 0 Å². The van der Waals surface area contributed by atoms with Gasteiger partial charge in [-0.15, -0.1) is 13.2 Å². The molecular weight excluding hydrogens is 184 g/mol. The van der Waals surface area contributed by atoms with Gasteiger partial charge in [-0.1, -0.05) is 18.2 Å². The predicted octanol–water partition coefficient (Wildman–Crippen LogP) is 2.30. The summed E-state index contributed by atoms with van der Waals surface area (Å²) in [5.74, 6) is 0. The molecule has 0 aliphatic carbocycles. The second-order valence-electron chi connectivity index (χ2n) is 3.41. The van der Waals surface area contributed by atoms with E-state index >= 15 is 0 Å². The molecule has 0 fully saturated rings. The summed E-state index contributed by atoms with van der Waals surface area (Å²) in [5.41, 5.74) is 1.13. The van der Waals surface area contributed by atoms with Crippen LogP contribution in [0.1, 0.15) is 5.69 Å². The van der Waals surface area contributed by atoms with Crippen molar-refractivity contribution in [3.63, 3.8) is 0 Å². The Labute approximate surface area is 92.0 Å². The minimum Gasteiger partial charge on any atom is -0.296 e. The van der Waals surface area contributed by atoms with E-state index in [4.69, 9.17) is 0 Å². The third-order valence-corrected chi connectivity index (χ3v) is 2.18. The quantitative estimate of drug-likeness (QED) is 0.631. The zero-order valence-electron chi connectivity index (χ0n) is 9.10. The lowest BCUT2D eigenvalue weighted by Gasteiger charge is -2.17. The maximum absolute atomic E-state index is 4.29. The normalized spacial score (nSPS) is 10.2. The molecule has 1 aromatic rings. The van der Waals surface area contributed by atoms with E-state index in [1.165, 1.54) is 0 Å². The number of nitrogens with zero attached hydrogens (tertiary/aromatic N) is 2. The lowest BCUT2D eigenvalue weighted by molar-refractivity contribution is 0.338. The SMILES string of the molecule is C=CCN(CC=C)CCc1ccccn1. The minimum atomic E-state index is 0.902. The Bertz CT molecular complexity index is 283. The van der Waals surface area contributed by atoms with E-state index in [1.807, 2.05) is 30.5 Å². The van der Waals surface area contributed by atoms with Crippen LogP contribution in [0.4, 0.5) is 0 Å². The van der Waals surface area contributed by atoms with Crippen LogP contribution >= 0.6 is 0 Å². The van der Waals surface area contributed by atoms with Gasteiger partial charge in [0.2, 0.25) is 0 Å². The molecule has 0 aromatic carbocycles. The fraction of sp³-hybridized carbons (Fsp3) is 0.308. The van der Waals surface area contributed by atoms with Gasteiger partial charge in [0, 0.05) is 37.9 Å². The van der Waals surface area contributed by atoms with Gasteiger partial charge in [0.1, 0.15) is 0 Å². The van der Waals surface area contributed by atoms with Crippen molar-refractivity contribution < 1.29 is 0 Å². The highest BCUT2D eigenvalue weighted by molar-refractivity contribution is 5.03. The molecular formula is C13H18N2. The van der Waals surface area contributed by atoms with Crippen LogP contribution < -0.4 is 0 Å². The fourth-order valence-corrected chi connectivity index (χ4v) is 1.44. The summed E-state index contributed by atoms with van der Waals surface area (Å²) in [6.45, 7) is 10.3. The first-order chi connectivity index (χ1) is 7.36. The van der Waals surface area contributed by atoms with Gasteiger partial charge in [0.25, 0.3) is 0 Å². The van der Waals surface area contributed by atoms with Crippen LogP contribution in [0, 0.1) is 0 Å². The highest BCUT2D eigenvalue weighted by Crippen LogP contribution is 1.98. The Balaban J connectivity index is 2.39. The zero-order valence-corrected chi connectivity index (χ0v) is 9.10. The van der Waals surface area contributed by atoms with Crippen molar-refractivity contribution in [3.05, 3.63) is 55.4 Å². The van der Waals surface area contributed by atoms with E-state index in [0.717, 1.165) is 31.7 Å². The fourth-order valence-electron chi connectivity index (χ4n) is 1.44. The molecule has 1 aromatic heterocycles. The van der Waals surface area contributed by atoms with Crippen molar-refractivity contribution in [3.8, 4) is 0 Å². The molecule has 15 heavy (non-hydrogen) atoms. The molecule has 0 aliphatic heterocycles. The molecule has 0 spiro atoms. The number of rotatable bonds is 7. The molecule has 0 saturated carbocycles. The highest BCUT2D eigenvalue weighted by Gasteiger charge is 2.01. The average molecular weight is 202 g/mol. The van der Waals surface area contributed by atoms with Gasteiger partial charge in [0.05, 0.1) is 0 Å². The molecule has 2 heteroatoms. The van der Waals surface area contributed by atoms with Crippen LogP contribution in [0.25, 0.3) is 0 Å². The van der Waals surface area contributed by atoms with Gasteiger partial charge in [0.15, 0.2) is 0 Å². The van der Waals surface area contributed by atoms with Crippen LogP contribution in [-0.4, -0.2) is 29.5 Å². The topological polar surface area (TPSA) is 16.1 Å². The van der Waals surface area contributed by atoms with E-state index in [2.05, 4.69) is 29.1 Å². The summed E-state index contributed by atoms with van der Waals surface area (Å²) in [7, 11) is 0. The van der Waals surface area contributed by atoms with E-state index in [1.54, 1.807) is 0 Å². The Kier molecular flexibility index (Phi) is 5.41. The smallest absolute Gasteiger partial charge is 0.0416 e. The van der Waals surface area contributed by atoms with Crippen molar-refractivity contribution in [2.24, 2.45) is 0 Å². The number of hydrogen-bond donors (Lipinski definition) is 0. The van der Waals surface area contributed by atoms with Crippen molar-refractivity contribution in [1.29, 1.82) is 0 Å². The van der Waals surface area contributed by atoms with E-state index in [9.17, 15) is 0 Å². The van der Waals surface area contributed by atoms with Gasteiger partial charge in [-0.25, -0.2) is 0 Å². The van der Waals surface area contributed by atoms with Gasteiger partial charge in [-0.2, -0.15) is 0 Å². The van der Waals surface area contributed by atoms with Gasteiger partial charge >= 0.3 is 0 Å². The van der Waals surface area contributed by atoms with Crippen molar-refractivity contribution in [2.75, 3.05) is 19.6 Å². The minimum absolute atomic E-state index is 0.902. The third kappa shape index (κ3) is 4.56. The second-order valence-corrected chi connectivity index (χ2v) is 3.41. The molecule has 1 heterocycles. The monoisotopic (exact) mass is 202 g/mol. The summed E-state index contributed by atoms with van der Waals surface area (Å²) in [4.78, 5) is 6.58. The van der Waals surface area contributed by atoms with Gasteiger partial charge in [-0.3, -0.25) is 9.88 Å². The summed E-state index contributed by atoms with van der Waals surface area (Å²) in [6.07, 6.45) is 6.65. The molecule has 0 aliphatic rings. The molecule has 80 valence electrons. The van der Waals surface area contributed by atoms with Crippen LogP contribution in [0.5, 0.6) is 0 Å². The number of pyridine rings is 1. The van der Waals surface area contributed by atoms with Crippen LogP contribution in [0.2, 0.25) is 0 Å². The Morgan fingerprint density at radius 3 is 2.47 bits per heavy atom. The highest BCUT2D eigenvalue weighted by atomic mass is 15.1. The van der Waals surface area contributed by atoms with Crippen LogP contribution in [-0.2, 0) is 6.42 Å². The van der Waals surface area contributed by atoms with Crippen molar-refractivity contribution in [1.82, 2.24) is 9.88 Å². The molecule has 0 radical (unpaired) electrons. The molecule has 0 bridgehead atoms. The Hall–Kier alpha value is -1.41. The first-order valence-corrected chi connectivity index (χ1v) is 5.21. The first kappa shape index (κ1) is 11.7. The summed E-state index contributed by atoms with van der Waals surface area (Å²) in [5, 5.41) is 0. The third-order valence-electron chi connectivity index (χ3n) is 2.18. The summed E-state index contributed by atoms with van der Waals surface area (Å²) in [6, 6.07) is 6.02. The lowest BCUT2D eigenvalue weighted by atomic mass is 10.2. The van der Waals surface area contributed by atoms with Crippen molar-refractivity contribution >= 4 is 0 Å². The van der Waals surface area contributed by atoms with Crippen LogP contribution in [0.3, 0.4) is 0 Å². The maximum Gasteiger partial charge on any atom is 0.0416 e. The molecule has 0 saturated heterocycles. The van der Waals surface area contributed by atoms with E-state index in [0.29, 0.717) is 0 Å². The maximum atomic E-state index is 4.29. The standard InChI is InChI=1S/C13H18N2/c1-3-10-15(11-4-2)12-8-13-7-5-6-9-14-13/h3-7,9H,1-2,8,10-12H2. The van der Waals surface area contributed by atoms with Crippen molar-refractivity contribution in [2.45, 2.75) is 6.42 Å². The number of aromatic nitrogens is 1. The van der Waals surface area contributed by atoms with E-state index in [-0.39, 0.29) is 0 Å². The molecule has 0 unspecified atom stereocenters. The largest absolute Gasteiger partial charge is 0.296 e. The summed E-state index contributed by atoms with van der Waals surface area (Å²) < 4.78 is 0. The van der Waals surface area contributed by atoms with Crippen LogP contribution in [0.15, 0.2) is 49.7 Å².